The zero-order valence-electron chi connectivity index (χ0n) is 22.4. The van der Waals surface area contributed by atoms with Crippen LogP contribution in [0.25, 0.3) is 0 Å². The summed E-state index contributed by atoms with van der Waals surface area (Å²) in [5.74, 6) is -0.109. The van der Waals surface area contributed by atoms with Gasteiger partial charge >= 0.3 is 11.9 Å². The third-order valence-corrected chi connectivity index (χ3v) is 6.08. The predicted octanol–water partition coefficient (Wildman–Crippen LogP) is 7.80. The van der Waals surface area contributed by atoms with E-state index in [0.29, 0.717) is 42.4 Å². The molecule has 4 aromatic carbocycles. The summed E-state index contributed by atoms with van der Waals surface area (Å²) in [7, 11) is 0. The van der Waals surface area contributed by atoms with E-state index in [0.717, 1.165) is 11.6 Å². The van der Waals surface area contributed by atoms with Crippen molar-refractivity contribution in [3.8, 4) is 23.0 Å². The third kappa shape index (κ3) is 8.23. The highest BCUT2D eigenvalue weighted by Gasteiger charge is 2.33. The number of ether oxygens (including phenoxy) is 3. The number of rotatable bonds is 11. The van der Waals surface area contributed by atoms with E-state index in [1.807, 2.05) is 37.3 Å². The number of nitro benzene ring substituents is 1. The van der Waals surface area contributed by atoms with E-state index in [9.17, 15) is 28.1 Å². The summed E-state index contributed by atoms with van der Waals surface area (Å²) in [5.41, 5.74) is 2.01. The number of hydrogen-bond donors (Lipinski definition) is 1. The number of alkyl halides is 3. The van der Waals surface area contributed by atoms with Gasteiger partial charge in [-0.15, -0.1) is 0 Å². The summed E-state index contributed by atoms with van der Waals surface area (Å²) >= 11 is 6.23. The zero-order chi connectivity index (χ0) is 31.0. The van der Waals surface area contributed by atoms with Gasteiger partial charge in [0.25, 0.3) is 5.91 Å². The molecule has 4 aromatic rings. The van der Waals surface area contributed by atoms with Gasteiger partial charge < -0.3 is 14.2 Å². The molecule has 1 N–H and O–H groups in total. The third-order valence-electron chi connectivity index (χ3n) is 5.78. The smallest absolute Gasteiger partial charge is 0.416 e. The van der Waals surface area contributed by atoms with Crippen LogP contribution in [-0.4, -0.2) is 23.7 Å². The molecule has 0 aliphatic carbocycles. The van der Waals surface area contributed by atoms with Crippen molar-refractivity contribution < 1.29 is 37.1 Å². The van der Waals surface area contributed by atoms with Crippen molar-refractivity contribution in [1.29, 1.82) is 0 Å². The molecule has 43 heavy (non-hydrogen) atoms. The van der Waals surface area contributed by atoms with Gasteiger partial charge in [-0.05, 0) is 66.6 Å². The van der Waals surface area contributed by atoms with Gasteiger partial charge in [-0.1, -0.05) is 41.9 Å². The molecule has 0 aliphatic rings. The lowest BCUT2D eigenvalue weighted by atomic mass is 10.2. The van der Waals surface area contributed by atoms with Crippen LogP contribution < -0.4 is 19.6 Å². The lowest BCUT2D eigenvalue weighted by Crippen LogP contribution is -2.17. The molecule has 0 saturated carbocycles. The second kappa shape index (κ2) is 13.7. The van der Waals surface area contributed by atoms with Crippen molar-refractivity contribution in [3.05, 3.63) is 122 Å². The molecule has 0 atom stereocenters. The quantitative estimate of drug-likeness (QED) is 0.105. The van der Waals surface area contributed by atoms with Crippen LogP contribution in [0, 0.1) is 10.1 Å². The van der Waals surface area contributed by atoms with Gasteiger partial charge in [0.15, 0.2) is 11.5 Å². The lowest BCUT2D eigenvalue weighted by molar-refractivity contribution is -0.385. The Balaban J connectivity index is 1.41. The summed E-state index contributed by atoms with van der Waals surface area (Å²) in [6, 6.07) is 20.5. The number of hydrogen-bond acceptors (Lipinski definition) is 7. The van der Waals surface area contributed by atoms with E-state index in [2.05, 4.69) is 10.5 Å². The van der Waals surface area contributed by atoms with Gasteiger partial charge in [0, 0.05) is 11.6 Å². The Hall–Kier alpha value is -5.10. The minimum absolute atomic E-state index is 0.00285. The second-order valence-corrected chi connectivity index (χ2v) is 9.20. The van der Waals surface area contributed by atoms with Crippen LogP contribution in [0.15, 0.2) is 90.0 Å². The van der Waals surface area contributed by atoms with Gasteiger partial charge in [0.05, 0.1) is 28.3 Å². The fraction of sp³-hybridized carbons (Fsp3) is 0.133. The van der Waals surface area contributed by atoms with E-state index in [-0.39, 0.29) is 16.3 Å². The minimum Gasteiger partial charge on any atom is -0.490 e. The highest BCUT2D eigenvalue weighted by Crippen LogP contribution is 2.39. The fourth-order valence-corrected chi connectivity index (χ4v) is 3.95. The molecule has 0 aliphatic heterocycles. The monoisotopic (exact) mass is 613 g/mol. The van der Waals surface area contributed by atoms with Crippen LogP contribution >= 0.6 is 11.6 Å². The Morgan fingerprint density at radius 3 is 2.35 bits per heavy atom. The van der Waals surface area contributed by atoms with Gasteiger partial charge in [-0.3, -0.25) is 14.9 Å². The van der Waals surface area contributed by atoms with Crippen molar-refractivity contribution in [1.82, 2.24) is 5.43 Å². The van der Waals surface area contributed by atoms with Crippen molar-refractivity contribution in [3.63, 3.8) is 0 Å². The topological polar surface area (TPSA) is 112 Å². The Labute approximate surface area is 248 Å². The molecule has 1 amide bonds. The van der Waals surface area contributed by atoms with E-state index < -0.39 is 34.0 Å². The molecule has 0 bridgehead atoms. The standard InChI is InChI=1S/C30H23ClF3N3O6/c1-2-41-28-15-21(9-12-27(28)42-18-19-6-4-3-5-7-19)29(38)36-35-17-20-8-11-25(23(31)14-20)43-26-13-10-22(30(32,33)34)16-24(26)37(39)40/h3-17H,2,18H2,1H3,(H,36,38)/b35-17+. The fourth-order valence-electron chi connectivity index (χ4n) is 3.72. The maximum Gasteiger partial charge on any atom is 0.416 e. The first-order valence-corrected chi connectivity index (χ1v) is 13.0. The summed E-state index contributed by atoms with van der Waals surface area (Å²) in [6.07, 6.45) is -3.46. The SMILES string of the molecule is CCOc1cc(C(=O)N/N=C/c2ccc(Oc3ccc(C(F)(F)F)cc3[N+](=O)[O-])c(Cl)c2)ccc1OCc1ccccc1. The van der Waals surface area contributed by atoms with Crippen LogP contribution in [0.5, 0.6) is 23.0 Å². The van der Waals surface area contributed by atoms with Gasteiger partial charge in [0.2, 0.25) is 5.75 Å². The van der Waals surface area contributed by atoms with Crippen molar-refractivity contribution in [2.45, 2.75) is 19.7 Å². The minimum atomic E-state index is -4.76. The van der Waals surface area contributed by atoms with Crippen LogP contribution in [0.4, 0.5) is 18.9 Å². The van der Waals surface area contributed by atoms with Crippen LogP contribution in [0.3, 0.4) is 0 Å². The molecule has 0 radical (unpaired) electrons. The number of carbonyl (C=O) groups is 1. The Bertz CT molecular complexity index is 1650. The Kier molecular flexibility index (Phi) is 9.83. The molecule has 13 heteroatoms. The number of nitrogens with zero attached hydrogens (tertiary/aromatic N) is 2. The molecule has 4 rings (SSSR count). The Morgan fingerprint density at radius 1 is 0.953 bits per heavy atom. The number of benzene rings is 4. The number of nitro groups is 1. The lowest BCUT2D eigenvalue weighted by Gasteiger charge is -2.13. The summed E-state index contributed by atoms with van der Waals surface area (Å²) < 4.78 is 55.8. The molecule has 0 fully saturated rings. The van der Waals surface area contributed by atoms with Gasteiger partial charge in [-0.2, -0.15) is 18.3 Å². The van der Waals surface area contributed by atoms with E-state index in [4.69, 9.17) is 25.8 Å². The van der Waals surface area contributed by atoms with Gasteiger partial charge in [0.1, 0.15) is 12.4 Å². The van der Waals surface area contributed by atoms with E-state index in [1.165, 1.54) is 30.5 Å². The first-order chi connectivity index (χ1) is 20.5. The molecular formula is C30H23ClF3N3O6. The average molecular weight is 614 g/mol. The Morgan fingerprint density at radius 2 is 1.67 bits per heavy atom. The summed E-state index contributed by atoms with van der Waals surface area (Å²) in [4.78, 5) is 23.0. The summed E-state index contributed by atoms with van der Waals surface area (Å²) in [6.45, 7) is 2.49. The first-order valence-electron chi connectivity index (χ1n) is 12.6. The van der Waals surface area contributed by atoms with Gasteiger partial charge in [-0.25, -0.2) is 5.43 Å². The first kappa shape index (κ1) is 30.8. The molecular weight excluding hydrogens is 591 g/mol. The molecule has 0 heterocycles. The normalized spacial score (nSPS) is 11.3. The number of carbonyl (C=O) groups excluding carboxylic acids is 1. The predicted molar refractivity (Wildman–Crippen MR) is 153 cm³/mol. The molecule has 0 spiro atoms. The number of hydrazone groups is 1. The number of amides is 1. The van der Waals surface area contributed by atoms with Crippen LogP contribution in [0.2, 0.25) is 5.02 Å². The zero-order valence-corrected chi connectivity index (χ0v) is 23.2. The van der Waals surface area contributed by atoms with Crippen molar-refractivity contribution >= 4 is 29.4 Å². The average Bonchev–Trinajstić information content (AvgIpc) is 2.98. The largest absolute Gasteiger partial charge is 0.490 e. The van der Waals surface area contributed by atoms with Crippen molar-refractivity contribution in [2.75, 3.05) is 6.61 Å². The molecule has 222 valence electrons. The second-order valence-electron chi connectivity index (χ2n) is 8.80. The highest BCUT2D eigenvalue weighted by molar-refractivity contribution is 6.32. The number of nitrogens with one attached hydrogen (secondary N) is 1. The maximum absolute atomic E-state index is 13.0. The molecule has 0 unspecified atom stereocenters. The molecule has 9 nitrogen and oxygen atoms in total. The van der Waals surface area contributed by atoms with E-state index in [1.54, 1.807) is 12.1 Å². The summed E-state index contributed by atoms with van der Waals surface area (Å²) in [5, 5.41) is 15.2. The number of halogens is 4. The molecule has 0 saturated heterocycles. The van der Waals surface area contributed by atoms with E-state index >= 15 is 0 Å². The van der Waals surface area contributed by atoms with Crippen LogP contribution in [0.1, 0.15) is 34.0 Å². The maximum atomic E-state index is 13.0. The van der Waals surface area contributed by atoms with Crippen LogP contribution in [-0.2, 0) is 12.8 Å². The van der Waals surface area contributed by atoms with Crippen molar-refractivity contribution in [2.24, 2.45) is 5.10 Å². The molecule has 0 aromatic heterocycles. The highest BCUT2D eigenvalue weighted by atomic mass is 35.5.